The summed E-state index contributed by atoms with van der Waals surface area (Å²) in [5.41, 5.74) is -0.884. The van der Waals surface area contributed by atoms with Crippen molar-refractivity contribution >= 4 is 15.9 Å². The molecule has 0 radical (unpaired) electrons. The lowest BCUT2D eigenvalue weighted by Crippen LogP contribution is -2.56. The molecule has 2 fully saturated rings. The van der Waals surface area contributed by atoms with Crippen molar-refractivity contribution in [1.29, 1.82) is 0 Å². The average molecular weight is 462 g/mol. The second-order valence-corrected chi connectivity index (χ2v) is 10.8. The Morgan fingerprint density at radius 3 is 2.00 bits per heavy atom. The van der Waals surface area contributed by atoms with Crippen molar-refractivity contribution in [3.05, 3.63) is 29.8 Å². The van der Waals surface area contributed by atoms with E-state index in [1.807, 2.05) is 16.7 Å². The Labute approximate surface area is 182 Å². The summed E-state index contributed by atoms with van der Waals surface area (Å²) in [6.07, 6.45) is -3.40. The van der Waals surface area contributed by atoms with Gasteiger partial charge in [-0.15, -0.1) is 0 Å². The summed E-state index contributed by atoms with van der Waals surface area (Å²) in [5.74, 6) is 0.994. The zero-order chi connectivity index (χ0) is 23.0. The molecule has 2 aliphatic rings. The first-order valence-electron chi connectivity index (χ1n) is 10.6. The van der Waals surface area contributed by atoms with Crippen LogP contribution in [0.2, 0.25) is 0 Å². The smallest absolute Gasteiger partial charge is 0.341 e. The summed E-state index contributed by atoms with van der Waals surface area (Å²) in [5, 5.41) is 0. The Morgan fingerprint density at radius 2 is 1.52 bits per heavy atom. The number of carbonyl (C=O) groups excluding carboxylic acids is 1. The van der Waals surface area contributed by atoms with Crippen LogP contribution in [0.3, 0.4) is 0 Å². The molecule has 6 nitrogen and oxygen atoms in total. The Balaban J connectivity index is 1.61. The van der Waals surface area contributed by atoms with Gasteiger partial charge in [-0.2, -0.15) is 17.5 Å². The number of sulfonamides is 1. The van der Waals surface area contributed by atoms with E-state index in [1.54, 1.807) is 0 Å². The van der Waals surface area contributed by atoms with Gasteiger partial charge in [0.15, 0.2) is 0 Å². The molecular formula is C21H30F3N3O3S. The number of benzene rings is 1. The van der Waals surface area contributed by atoms with E-state index in [0.29, 0.717) is 24.9 Å². The minimum absolute atomic E-state index is 0.0671. The molecule has 1 aromatic rings. The Hall–Kier alpha value is -1.65. The number of amides is 1. The molecular weight excluding hydrogens is 431 g/mol. The van der Waals surface area contributed by atoms with Crippen LogP contribution in [0.4, 0.5) is 13.2 Å². The predicted octanol–water partition coefficient (Wildman–Crippen LogP) is 2.90. The molecule has 0 bridgehead atoms. The summed E-state index contributed by atoms with van der Waals surface area (Å²) in [6.45, 7) is 8.80. The van der Waals surface area contributed by atoms with Gasteiger partial charge in [-0.05, 0) is 49.4 Å². The average Bonchev–Trinajstić information content (AvgIpc) is 2.71. The lowest BCUT2D eigenvalue weighted by molar-refractivity contribution is -0.139. The van der Waals surface area contributed by atoms with E-state index in [-0.39, 0.29) is 29.9 Å². The number of nitrogens with zero attached hydrogens (tertiary/aromatic N) is 3. The van der Waals surface area contributed by atoms with Crippen LogP contribution in [0.5, 0.6) is 0 Å². The van der Waals surface area contributed by atoms with E-state index in [1.165, 1.54) is 4.31 Å². The predicted molar refractivity (Wildman–Crippen MR) is 111 cm³/mol. The topological polar surface area (TPSA) is 60.9 Å². The second kappa shape index (κ2) is 9.07. The molecule has 0 aromatic heterocycles. The standard InChI is InChI=1S/C21H30F3N3O3S/c1-15-12-16(2)14-26(13-15)20(28)17(3)25-8-10-27(11-9-25)31(29,30)19-6-4-18(5-7-19)21(22,23)24/h4-7,15-17H,8-14H2,1-3H3/t15-,16-,17+/m1/s1. The second-order valence-electron chi connectivity index (χ2n) is 8.83. The lowest BCUT2D eigenvalue weighted by Gasteiger charge is -2.41. The quantitative estimate of drug-likeness (QED) is 0.692. The molecule has 3 rings (SSSR count). The van der Waals surface area contributed by atoms with E-state index < -0.39 is 21.8 Å². The molecule has 2 heterocycles. The fraction of sp³-hybridized carbons (Fsp3) is 0.667. The number of piperazine rings is 1. The maximum atomic E-state index is 13.0. The van der Waals surface area contributed by atoms with Gasteiger partial charge in [-0.1, -0.05) is 13.8 Å². The van der Waals surface area contributed by atoms with Crippen LogP contribution < -0.4 is 0 Å². The Morgan fingerprint density at radius 1 is 1.00 bits per heavy atom. The molecule has 174 valence electrons. The zero-order valence-corrected chi connectivity index (χ0v) is 18.9. The van der Waals surface area contributed by atoms with E-state index in [0.717, 1.165) is 43.8 Å². The van der Waals surface area contributed by atoms with Crippen molar-refractivity contribution in [2.45, 2.75) is 44.3 Å². The minimum Gasteiger partial charge on any atom is -0.341 e. The maximum Gasteiger partial charge on any atom is 0.416 e. The molecule has 1 amide bonds. The number of hydrogen-bond acceptors (Lipinski definition) is 4. The Kier molecular flexibility index (Phi) is 7.02. The first-order valence-corrected chi connectivity index (χ1v) is 12.0. The number of alkyl halides is 3. The molecule has 31 heavy (non-hydrogen) atoms. The van der Waals surface area contributed by atoms with Gasteiger partial charge in [0, 0.05) is 39.3 Å². The highest BCUT2D eigenvalue weighted by Crippen LogP contribution is 2.30. The van der Waals surface area contributed by atoms with E-state index >= 15 is 0 Å². The third kappa shape index (κ3) is 5.40. The lowest BCUT2D eigenvalue weighted by atomic mass is 9.91. The molecule has 0 N–H and O–H groups in total. The van der Waals surface area contributed by atoms with E-state index in [2.05, 4.69) is 13.8 Å². The molecule has 0 aliphatic carbocycles. The van der Waals surface area contributed by atoms with E-state index in [4.69, 9.17) is 0 Å². The highest BCUT2D eigenvalue weighted by molar-refractivity contribution is 7.89. The van der Waals surface area contributed by atoms with Gasteiger partial charge in [0.1, 0.15) is 0 Å². The van der Waals surface area contributed by atoms with Crippen molar-refractivity contribution in [3.8, 4) is 0 Å². The largest absolute Gasteiger partial charge is 0.416 e. The first-order chi connectivity index (χ1) is 14.4. The van der Waals surface area contributed by atoms with Crippen LogP contribution in [0, 0.1) is 11.8 Å². The van der Waals surface area contributed by atoms with Crippen molar-refractivity contribution in [3.63, 3.8) is 0 Å². The molecule has 2 saturated heterocycles. The normalized spacial score (nSPS) is 25.4. The third-order valence-electron chi connectivity index (χ3n) is 6.18. The van der Waals surface area contributed by atoms with Crippen LogP contribution >= 0.6 is 0 Å². The molecule has 0 spiro atoms. The van der Waals surface area contributed by atoms with Gasteiger partial charge in [0.05, 0.1) is 16.5 Å². The van der Waals surface area contributed by atoms with Gasteiger partial charge in [-0.25, -0.2) is 8.42 Å². The highest BCUT2D eigenvalue weighted by Gasteiger charge is 2.35. The summed E-state index contributed by atoms with van der Waals surface area (Å²) >= 11 is 0. The maximum absolute atomic E-state index is 13.0. The van der Waals surface area contributed by atoms with Crippen LogP contribution in [0.15, 0.2) is 29.2 Å². The van der Waals surface area contributed by atoms with Crippen LogP contribution in [-0.2, 0) is 21.0 Å². The molecule has 0 unspecified atom stereocenters. The van der Waals surface area contributed by atoms with Gasteiger partial charge in [0.2, 0.25) is 15.9 Å². The number of halogens is 3. The molecule has 3 atom stereocenters. The molecule has 1 aromatic carbocycles. The van der Waals surface area contributed by atoms with E-state index in [9.17, 15) is 26.4 Å². The SMILES string of the molecule is C[C@@H]1C[C@@H](C)CN(C(=O)[C@H](C)N2CCN(S(=O)(=O)c3ccc(C(F)(F)F)cc3)CC2)C1. The van der Waals surface area contributed by atoms with Crippen molar-refractivity contribution in [1.82, 2.24) is 14.1 Å². The number of rotatable bonds is 4. The monoisotopic (exact) mass is 461 g/mol. The fourth-order valence-corrected chi connectivity index (χ4v) is 5.98. The number of piperidine rings is 1. The summed E-state index contributed by atoms with van der Waals surface area (Å²) < 4.78 is 65.1. The van der Waals surface area contributed by atoms with Gasteiger partial charge in [0.25, 0.3) is 0 Å². The van der Waals surface area contributed by atoms with Gasteiger partial charge in [-0.3, -0.25) is 9.69 Å². The summed E-state index contributed by atoms with van der Waals surface area (Å²) in [7, 11) is -3.88. The Bertz CT molecular complexity index is 871. The number of carbonyl (C=O) groups is 1. The highest BCUT2D eigenvalue weighted by atomic mass is 32.2. The minimum atomic E-state index is -4.51. The third-order valence-corrected chi connectivity index (χ3v) is 8.09. The molecule has 10 heteroatoms. The van der Waals surface area contributed by atoms with Crippen LogP contribution in [0.1, 0.15) is 32.8 Å². The summed E-state index contributed by atoms with van der Waals surface area (Å²) in [4.78, 5) is 16.7. The zero-order valence-electron chi connectivity index (χ0n) is 18.1. The first kappa shape index (κ1) is 24.0. The van der Waals surface area contributed by atoms with Crippen molar-refractivity contribution in [2.75, 3.05) is 39.3 Å². The fourth-order valence-electron chi connectivity index (χ4n) is 4.56. The van der Waals surface area contributed by atoms with Gasteiger partial charge < -0.3 is 4.90 Å². The van der Waals surface area contributed by atoms with Crippen LogP contribution in [0.25, 0.3) is 0 Å². The van der Waals surface area contributed by atoms with Crippen LogP contribution in [-0.4, -0.2) is 73.7 Å². The number of hydrogen-bond donors (Lipinski definition) is 0. The number of likely N-dealkylation sites (tertiary alicyclic amines) is 1. The molecule has 0 saturated carbocycles. The van der Waals surface area contributed by atoms with Crippen molar-refractivity contribution in [2.24, 2.45) is 11.8 Å². The molecule has 2 aliphatic heterocycles. The van der Waals surface area contributed by atoms with Gasteiger partial charge >= 0.3 is 6.18 Å². The van der Waals surface area contributed by atoms with Crippen molar-refractivity contribution < 1.29 is 26.4 Å². The summed E-state index contributed by atoms with van der Waals surface area (Å²) in [6, 6.07) is 3.22.